The predicted molar refractivity (Wildman–Crippen MR) is 110 cm³/mol. The van der Waals surface area contributed by atoms with E-state index in [2.05, 4.69) is 47.2 Å². The zero-order valence-corrected chi connectivity index (χ0v) is 16.1. The molecule has 3 unspecified atom stereocenters. The van der Waals surface area contributed by atoms with Crippen LogP contribution in [-0.4, -0.2) is 44.1 Å². The summed E-state index contributed by atoms with van der Waals surface area (Å²) in [5.41, 5.74) is 3.00. The molecular formula is C21H25N5O3. The van der Waals surface area contributed by atoms with Crippen molar-refractivity contribution in [2.45, 2.75) is 12.5 Å². The minimum atomic E-state index is -1.03. The molecule has 29 heavy (non-hydrogen) atoms. The molecule has 0 saturated carbocycles. The van der Waals surface area contributed by atoms with Gasteiger partial charge in [-0.3, -0.25) is 0 Å². The molecule has 1 saturated heterocycles. The Balaban J connectivity index is 1.51. The first-order valence-corrected chi connectivity index (χ1v) is 9.86. The molecule has 0 amide bonds. The van der Waals surface area contributed by atoms with Crippen LogP contribution in [0.3, 0.4) is 0 Å². The Kier molecular flexibility index (Phi) is 5.83. The first-order valence-electron chi connectivity index (χ1n) is 9.86. The van der Waals surface area contributed by atoms with Crippen LogP contribution in [0.1, 0.15) is 12.0 Å². The molecule has 0 spiro atoms. The highest BCUT2D eigenvalue weighted by molar-refractivity contribution is 5.80. The van der Waals surface area contributed by atoms with Gasteiger partial charge >= 0.3 is 0 Å². The Morgan fingerprint density at radius 3 is 2.86 bits per heavy atom. The van der Waals surface area contributed by atoms with E-state index in [-0.39, 0.29) is 5.69 Å². The molecule has 4 N–H and O–H groups in total. The fourth-order valence-electron chi connectivity index (χ4n) is 4.14. The van der Waals surface area contributed by atoms with Crippen molar-refractivity contribution in [2.75, 3.05) is 43.1 Å². The molecule has 1 aliphatic carbocycles. The number of quaternary nitrogens is 1. The third-order valence-electron chi connectivity index (χ3n) is 5.60. The molecule has 8 heteroatoms. The van der Waals surface area contributed by atoms with Gasteiger partial charge in [-0.15, -0.1) is 0 Å². The van der Waals surface area contributed by atoms with Crippen LogP contribution in [0, 0.1) is 22.5 Å². The number of rotatable bonds is 6. The summed E-state index contributed by atoms with van der Waals surface area (Å²) >= 11 is 0. The number of fused-ring (bicyclic) bond motifs is 1. The lowest BCUT2D eigenvalue weighted by Gasteiger charge is -2.32. The molecule has 1 aromatic rings. The minimum absolute atomic E-state index is 0.152. The molecule has 4 rings (SSSR count). The largest absolute Gasteiger partial charge is 0.595 e. The van der Waals surface area contributed by atoms with E-state index in [1.807, 2.05) is 4.90 Å². The molecule has 0 aromatic heterocycles. The second-order valence-electron chi connectivity index (χ2n) is 7.28. The normalized spacial score (nSPS) is 23.8. The van der Waals surface area contributed by atoms with Crippen LogP contribution in [0.4, 0.5) is 17.1 Å². The molecule has 8 nitrogen and oxygen atoms in total. The number of morpholine rings is 1. The average molecular weight is 395 g/mol. The summed E-state index contributed by atoms with van der Waals surface area (Å²) in [6, 6.07) is 5.83. The Hall–Kier alpha value is -2.83. The van der Waals surface area contributed by atoms with Gasteiger partial charge in [0.15, 0.2) is 5.69 Å². The maximum absolute atomic E-state index is 11.8. The van der Waals surface area contributed by atoms with E-state index in [4.69, 9.17) is 4.74 Å². The number of hydrogen-bond acceptors (Lipinski definition) is 7. The van der Waals surface area contributed by atoms with Gasteiger partial charge in [-0.25, -0.2) is 5.21 Å². The number of nitrogens with zero attached hydrogens (tertiary/aromatic N) is 2. The van der Waals surface area contributed by atoms with Gasteiger partial charge in [0.2, 0.25) is 0 Å². The van der Waals surface area contributed by atoms with Gasteiger partial charge in [-0.1, -0.05) is 24.3 Å². The first-order chi connectivity index (χ1) is 14.2. The standard InChI is InChI=1S/C21H25N5O3/c22-13-17-19(23-8-7-15-14-24-18-4-2-1-3-16(15)18)5-6-20(26(27)28)21(17)25-9-11-29-12-10-25/h1-6,14,16,18,23-24,26-27H,7-12H2. The number of benzene rings is 1. The minimum Gasteiger partial charge on any atom is -0.595 e. The highest BCUT2D eigenvalue weighted by Gasteiger charge is 2.27. The number of allylic oxidation sites excluding steroid dienone is 2. The summed E-state index contributed by atoms with van der Waals surface area (Å²) in [5.74, 6) is 0.371. The second kappa shape index (κ2) is 8.68. The SMILES string of the molecule is N#Cc1c(NCCC2=CNC3C=CC=CC23)ccc([NH+]([O-])O)c1N1CCOCC1. The van der Waals surface area contributed by atoms with Crippen molar-refractivity contribution in [3.8, 4) is 6.07 Å². The van der Waals surface area contributed by atoms with Crippen LogP contribution in [0.5, 0.6) is 0 Å². The molecule has 0 radical (unpaired) electrons. The van der Waals surface area contributed by atoms with Crippen molar-refractivity contribution in [3.63, 3.8) is 0 Å². The quantitative estimate of drug-likeness (QED) is 0.536. The topological polar surface area (TPSA) is 108 Å². The molecule has 3 atom stereocenters. The molecule has 0 bridgehead atoms. The predicted octanol–water partition coefficient (Wildman–Crippen LogP) is 1.20. The van der Waals surface area contributed by atoms with Crippen molar-refractivity contribution in [3.05, 3.63) is 59.0 Å². The molecule has 2 aliphatic heterocycles. The van der Waals surface area contributed by atoms with Crippen molar-refractivity contribution < 1.29 is 15.2 Å². The van der Waals surface area contributed by atoms with Gasteiger partial charge in [-0.05, 0) is 24.3 Å². The average Bonchev–Trinajstić information content (AvgIpc) is 3.17. The van der Waals surface area contributed by atoms with Crippen LogP contribution in [0.2, 0.25) is 0 Å². The summed E-state index contributed by atoms with van der Waals surface area (Å²) in [5, 5.41) is 36.9. The maximum Gasteiger partial charge on any atom is 0.188 e. The highest BCUT2D eigenvalue weighted by Crippen LogP contribution is 2.34. The van der Waals surface area contributed by atoms with Crippen molar-refractivity contribution in [1.82, 2.24) is 5.32 Å². The van der Waals surface area contributed by atoms with Gasteiger partial charge < -0.3 is 25.5 Å². The lowest BCUT2D eigenvalue weighted by atomic mass is 9.90. The molecule has 1 aromatic carbocycles. The highest BCUT2D eigenvalue weighted by atomic mass is 16.8. The third kappa shape index (κ3) is 3.99. The van der Waals surface area contributed by atoms with Crippen LogP contribution in [0.15, 0.2) is 48.2 Å². The summed E-state index contributed by atoms with van der Waals surface area (Å²) in [7, 11) is 0. The maximum atomic E-state index is 11.8. The van der Waals surface area contributed by atoms with E-state index >= 15 is 0 Å². The fourth-order valence-corrected chi connectivity index (χ4v) is 4.14. The molecule has 1 fully saturated rings. The van der Waals surface area contributed by atoms with E-state index in [1.54, 1.807) is 12.1 Å². The third-order valence-corrected chi connectivity index (χ3v) is 5.60. The van der Waals surface area contributed by atoms with E-state index in [9.17, 15) is 15.7 Å². The van der Waals surface area contributed by atoms with Crippen LogP contribution < -0.4 is 20.8 Å². The van der Waals surface area contributed by atoms with Crippen molar-refractivity contribution >= 4 is 17.1 Å². The number of hydrogen-bond donors (Lipinski definition) is 4. The van der Waals surface area contributed by atoms with E-state index in [0.717, 1.165) is 6.42 Å². The number of anilines is 2. The van der Waals surface area contributed by atoms with E-state index in [0.29, 0.717) is 61.7 Å². The Labute approximate surface area is 169 Å². The summed E-state index contributed by atoms with van der Waals surface area (Å²) in [4.78, 5) is 1.93. The summed E-state index contributed by atoms with van der Waals surface area (Å²) < 4.78 is 5.38. The molecule has 3 aliphatic rings. The first kappa shape index (κ1) is 19.5. The smallest absolute Gasteiger partial charge is 0.188 e. The zero-order valence-electron chi connectivity index (χ0n) is 16.1. The van der Waals surface area contributed by atoms with Crippen molar-refractivity contribution in [2.24, 2.45) is 5.92 Å². The Bertz CT molecular complexity index is 881. The monoisotopic (exact) mass is 395 g/mol. The number of ether oxygens (including phenoxy) is 1. The van der Waals surface area contributed by atoms with Crippen LogP contribution in [-0.2, 0) is 4.74 Å². The van der Waals surface area contributed by atoms with Crippen LogP contribution in [0.25, 0.3) is 0 Å². The molecule has 2 heterocycles. The summed E-state index contributed by atoms with van der Waals surface area (Å²) in [6.07, 6.45) is 11.4. The lowest BCUT2D eigenvalue weighted by Crippen LogP contribution is -2.99. The molecular weight excluding hydrogens is 370 g/mol. The van der Waals surface area contributed by atoms with Gasteiger partial charge in [0, 0.05) is 31.6 Å². The Morgan fingerprint density at radius 2 is 2.10 bits per heavy atom. The van der Waals surface area contributed by atoms with E-state index < -0.39 is 5.23 Å². The van der Waals surface area contributed by atoms with Gasteiger partial charge in [-0.2, -0.15) is 10.5 Å². The summed E-state index contributed by atoms with van der Waals surface area (Å²) in [6.45, 7) is 2.85. The Morgan fingerprint density at radius 1 is 1.31 bits per heavy atom. The van der Waals surface area contributed by atoms with Gasteiger partial charge in [0.05, 0.1) is 24.9 Å². The van der Waals surface area contributed by atoms with Gasteiger partial charge in [0.1, 0.15) is 17.3 Å². The zero-order chi connectivity index (χ0) is 20.2. The number of nitrogens with one attached hydrogen (secondary N) is 3. The number of nitriles is 1. The fraction of sp³-hybridized carbons (Fsp3) is 0.381. The van der Waals surface area contributed by atoms with Crippen molar-refractivity contribution in [1.29, 1.82) is 5.26 Å². The lowest BCUT2D eigenvalue weighted by molar-refractivity contribution is -0.990. The van der Waals surface area contributed by atoms with E-state index in [1.165, 1.54) is 5.57 Å². The molecule has 152 valence electrons. The van der Waals surface area contributed by atoms with Crippen LogP contribution >= 0.6 is 0 Å². The second-order valence-corrected chi connectivity index (χ2v) is 7.28. The van der Waals surface area contributed by atoms with Gasteiger partial charge in [0.25, 0.3) is 0 Å².